The Balaban J connectivity index is 2.18. The largest absolute Gasteiger partial charge is 0.350 e. The quantitative estimate of drug-likeness (QED) is 0.188. The molecule has 0 radical (unpaired) electrons. The summed E-state index contributed by atoms with van der Waals surface area (Å²) in [7, 11) is -3.61. The summed E-state index contributed by atoms with van der Waals surface area (Å²) < 4.78 is 32.1. The first-order valence-electron chi connectivity index (χ1n) is 9.74. The number of hydrogen-bond acceptors (Lipinski definition) is 5. The van der Waals surface area contributed by atoms with E-state index in [-0.39, 0.29) is 5.75 Å². The molecule has 0 aromatic heterocycles. The van der Waals surface area contributed by atoms with Gasteiger partial charge in [0.1, 0.15) is 0 Å². The molecule has 26 heavy (non-hydrogen) atoms. The van der Waals surface area contributed by atoms with Crippen molar-refractivity contribution < 1.29 is 22.4 Å². The van der Waals surface area contributed by atoms with Gasteiger partial charge in [0.05, 0.1) is 12.4 Å². The summed E-state index contributed by atoms with van der Waals surface area (Å²) in [6.07, 6.45) is 9.04. The van der Waals surface area contributed by atoms with Crippen LogP contribution in [0, 0.1) is 0 Å². The van der Waals surface area contributed by atoms with Crippen molar-refractivity contribution >= 4 is 10.1 Å². The Morgan fingerprint density at radius 1 is 0.885 bits per heavy atom. The first-order chi connectivity index (χ1) is 12.5. The molecule has 1 aromatic rings. The smallest absolute Gasteiger partial charge is 0.293 e. The van der Waals surface area contributed by atoms with Gasteiger partial charge in [0, 0.05) is 0 Å². The van der Waals surface area contributed by atoms with Gasteiger partial charge in [0.2, 0.25) is 0 Å². The highest BCUT2D eigenvalue weighted by Crippen LogP contribution is 2.12. The normalized spacial score (nSPS) is 13.0. The Labute approximate surface area is 159 Å². The minimum Gasteiger partial charge on any atom is -0.350 e. The number of hydrogen-bond donors (Lipinski definition) is 0. The average molecular weight is 387 g/mol. The van der Waals surface area contributed by atoms with Gasteiger partial charge < -0.3 is 4.74 Å². The lowest BCUT2D eigenvalue weighted by Gasteiger charge is -2.12. The molecule has 150 valence electrons. The van der Waals surface area contributed by atoms with E-state index >= 15 is 0 Å². The van der Waals surface area contributed by atoms with Crippen molar-refractivity contribution in [1.82, 2.24) is 0 Å². The van der Waals surface area contributed by atoms with Crippen molar-refractivity contribution in [2.45, 2.75) is 78.4 Å². The van der Waals surface area contributed by atoms with Crippen molar-refractivity contribution in [3.8, 4) is 0 Å². The van der Waals surface area contributed by atoms with Crippen molar-refractivity contribution in [3.63, 3.8) is 0 Å². The third kappa shape index (κ3) is 10.9. The molecule has 0 aliphatic heterocycles. The Morgan fingerprint density at radius 3 is 2.08 bits per heavy atom. The van der Waals surface area contributed by atoms with E-state index in [1.54, 1.807) is 6.92 Å². The fraction of sp³-hybridized carbons (Fsp3) is 0.700. The Morgan fingerprint density at radius 2 is 1.46 bits per heavy atom. The standard InChI is InChI=1S/C20H34O5S/c1-4-6-7-8-9-10-11-19-12-14-20(15-13-19)16-17-23-18(3)24-25-26(21,22)5-2/h12-15,18H,4-11,16-17H2,1-3H3. The lowest BCUT2D eigenvalue weighted by atomic mass is 10.0. The van der Waals surface area contributed by atoms with Crippen LogP contribution in [0.3, 0.4) is 0 Å². The van der Waals surface area contributed by atoms with Crippen LogP contribution in [-0.4, -0.2) is 27.1 Å². The Kier molecular flexibility index (Phi) is 11.8. The van der Waals surface area contributed by atoms with Gasteiger partial charge in [-0.05, 0) is 44.2 Å². The summed E-state index contributed by atoms with van der Waals surface area (Å²) in [6, 6.07) is 8.61. The molecule has 0 aliphatic rings. The Bertz CT molecular complexity index is 568. The Hall–Kier alpha value is -0.950. The summed E-state index contributed by atoms with van der Waals surface area (Å²) in [4.78, 5) is 4.72. The molecule has 0 saturated carbocycles. The summed E-state index contributed by atoms with van der Waals surface area (Å²) in [5.41, 5.74) is 2.56. The van der Waals surface area contributed by atoms with E-state index in [1.807, 2.05) is 0 Å². The van der Waals surface area contributed by atoms with Crippen molar-refractivity contribution in [2.75, 3.05) is 12.4 Å². The van der Waals surface area contributed by atoms with Gasteiger partial charge in [-0.15, -0.1) is 4.33 Å². The molecular weight excluding hydrogens is 352 g/mol. The molecule has 1 unspecified atom stereocenters. The van der Waals surface area contributed by atoms with Crippen LogP contribution in [0.5, 0.6) is 0 Å². The number of rotatable bonds is 15. The maximum Gasteiger partial charge on any atom is 0.293 e. The minimum atomic E-state index is -3.61. The predicted octanol–water partition coefficient (Wildman–Crippen LogP) is 4.79. The lowest BCUT2D eigenvalue weighted by molar-refractivity contribution is -0.309. The molecule has 0 spiro atoms. The van der Waals surface area contributed by atoms with Gasteiger partial charge in [0.15, 0.2) is 6.29 Å². The highest BCUT2D eigenvalue weighted by molar-refractivity contribution is 7.86. The molecule has 1 aromatic carbocycles. The molecule has 6 heteroatoms. The van der Waals surface area contributed by atoms with Crippen molar-refractivity contribution in [2.24, 2.45) is 0 Å². The molecule has 0 fully saturated rings. The van der Waals surface area contributed by atoms with Crippen LogP contribution in [0.15, 0.2) is 24.3 Å². The SMILES string of the molecule is CCCCCCCCc1ccc(CCOC(C)OOS(=O)(=O)CC)cc1. The second kappa shape index (κ2) is 13.3. The van der Waals surface area contributed by atoms with Crippen LogP contribution in [0.4, 0.5) is 0 Å². The maximum atomic E-state index is 11.2. The summed E-state index contributed by atoms with van der Waals surface area (Å²) in [5.74, 6) is -0.134. The first-order valence-corrected chi connectivity index (χ1v) is 11.3. The molecule has 0 aliphatic carbocycles. The minimum absolute atomic E-state index is 0.134. The monoisotopic (exact) mass is 386 g/mol. The van der Waals surface area contributed by atoms with Crippen LogP contribution in [0.25, 0.3) is 0 Å². The molecule has 5 nitrogen and oxygen atoms in total. The summed E-state index contributed by atoms with van der Waals surface area (Å²) in [6.45, 7) is 5.77. The van der Waals surface area contributed by atoms with Crippen LogP contribution in [-0.2, 0) is 36.9 Å². The fourth-order valence-corrected chi connectivity index (χ4v) is 2.84. The molecule has 1 rings (SSSR count). The number of benzene rings is 1. The van der Waals surface area contributed by atoms with E-state index in [0.717, 1.165) is 12.8 Å². The van der Waals surface area contributed by atoms with Gasteiger partial charge in [-0.25, -0.2) is 0 Å². The topological polar surface area (TPSA) is 61.8 Å². The van der Waals surface area contributed by atoms with Crippen molar-refractivity contribution in [1.29, 1.82) is 0 Å². The zero-order valence-electron chi connectivity index (χ0n) is 16.4. The zero-order chi connectivity index (χ0) is 19.3. The number of ether oxygens (including phenoxy) is 1. The van der Waals surface area contributed by atoms with Gasteiger partial charge in [-0.1, -0.05) is 63.3 Å². The van der Waals surface area contributed by atoms with E-state index in [4.69, 9.17) is 9.62 Å². The predicted molar refractivity (Wildman–Crippen MR) is 104 cm³/mol. The van der Waals surface area contributed by atoms with Gasteiger partial charge in [-0.2, -0.15) is 13.3 Å². The van der Waals surface area contributed by atoms with Crippen molar-refractivity contribution in [3.05, 3.63) is 35.4 Å². The molecule has 1 atom stereocenters. The van der Waals surface area contributed by atoms with Crippen LogP contribution in [0.1, 0.15) is 70.4 Å². The molecule has 0 N–H and O–H groups in total. The van der Waals surface area contributed by atoms with E-state index in [2.05, 4.69) is 35.5 Å². The van der Waals surface area contributed by atoms with Gasteiger partial charge in [-0.3, -0.25) is 0 Å². The van der Waals surface area contributed by atoms with Gasteiger partial charge in [0.25, 0.3) is 10.1 Å². The number of aryl methyl sites for hydroxylation is 1. The van der Waals surface area contributed by atoms with E-state index in [1.165, 1.54) is 56.6 Å². The second-order valence-electron chi connectivity index (χ2n) is 6.53. The highest BCUT2D eigenvalue weighted by Gasteiger charge is 2.12. The third-order valence-electron chi connectivity index (χ3n) is 4.22. The summed E-state index contributed by atoms with van der Waals surface area (Å²) >= 11 is 0. The average Bonchev–Trinajstić information content (AvgIpc) is 2.64. The first kappa shape index (κ1) is 23.1. The molecule has 0 saturated heterocycles. The maximum absolute atomic E-state index is 11.2. The highest BCUT2D eigenvalue weighted by atomic mass is 32.2. The molecule has 0 amide bonds. The lowest BCUT2D eigenvalue weighted by Crippen LogP contribution is -2.18. The number of unbranched alkanes of at least 4 members (excludes halogenated alkanes) is 5. The third-order valence-corrected chi connectivity index (χ3v) is 5.21. The van der Waals surface area contributed by atoms with Crippen LogP contribution in [0.2, 0.25) is 0 Å². The molecule has 0 bridgehead atoms. The van der Waals surface area contributed by atoms with Crippen LogP contribution < -0.4 is 0 Å². The fourth-order valence-electron chi connectivity index (χ4n) is 2.52. The van der Waals surface area contributed by atoms with Crippen LogP contribution >= 0.6 is 0 Å². The zero-order valence-corrected chi connectivity index (χ0v) is 17.2. The van der Waals surface area contributed by atoms with Gasteiger partial charge >= 0.3 is 0 Å². The summed E-state index contributed by atoms with van der Waals surface area (Å²) in [5, 5.41) is 0. The molecular formula is C20H34O5S. The molecule has 0 heterocycles. The van der Waals surface area contributed by atoms with E-state index in [9.17, 15) is 8.42 Å². The second-order valence-corrected chi connectivity index (χ2v) is 8.36. The van der Waals surface area contributed by atoms with E-state index in [0.29, 0.717) is 6.61 Å². The van der Waals surface area contributed by atoms with E-state index < -0.39 is 16.4 Å².